The molecule has 1 atom stereocenters. The fourth-order valence-corrected chi connectivity index (χ4v) is 4.14. The second-order valence-electron chi connectivity index (χ2n) is 9.35. The molecular formula is C27H32N4O2. The van der Waals surface area contributed by atoms with Crippen molar-refractivity contribution < 1.29 is 9.32 Å². The summed E-state index contributed by atoms with van der Waals surface area (Å²) in [4.78, 5) is 19.7. The van der Waals surface area contributed by atoms with Gasteiger partial charge in [-0.2, -0.15) is 4.98 Å². The minimum Gasteiger partial charge on any atom is -0.334 e. The van der Waals surface area contributed by atoms with Gasteiger partial charge in [-0.1, -0.05) is 61.0 Å². The standard InChI is InChI=1S/C27H32N4O2/c1-16(2)12-13-31-20(6)23(24(28-27(31)32)21-11-10-18(4)19(5)15-21)26-29-25(30-33-26)22-9-7-8-17(3)14-22/h7-11,14-16,24H,12-13H2,1-6H3,(H,28,32). The summed E-state index contributed by atoms with van der Waals surface area (Å²) in [5.41, 5.74) is 7.11. The molecule has 2 heterocycles. The summed E-state index contributed by atoms with van der Waals surface area (Å²) in [7, 11) is 0. The summed E-state index contributed by atoms with van der Waals surface area (Å²) in [6, 6.07) is 13.8. The topological polar surface area (TPSA) is 71.3 Å². The molecule has 2 aromatic carbocycles. The van der Waals surface area contributed by atoms with E-state index >= 15 is 0 Å². The van der Waals surface area contributed by atoms with E-state index in [2.05, 4.69) is 56.4 Å². The number of nitrogens with zero attached hydrogens (tertiary/aromatic N) is 3. The van der Waals surface area contributed by atoms with E-state index in [4.69, 9.17) is 9.51 Å². The Kier molecular flexibility index (Phi) is 6.36. The van der Waals surface area contributed by atoms with Gasteiger partial charge < -0.3 is 9.84 Å². The maximum absolute atomic E-state index is 13.1. The average molecular weight is 445 g/mol. The maximum atomic E-state index is 13.1. The monoisotopic (exact) mass is 444 g/mol. The second kappa shape index (κ2) is 9.22. The summed E-state index contributed by atoms with van der Waals surface area (Å²) in [6.45, 7) is 13.1. The molecule has 1 aliphatic heterocycles. The Labute approximate surface area is 195 Å². The van der Waals surface area contributed by atoms with Gasteiger partial charge in [0.05, 0.1) is 11.6 Å². The van der Waals surface area contributed by atoms with Crippen LogP contribution in [0.25, 0.3) is 17.0 Å². The molecule has 0 spiro atoms. The molecule has 6 heteroatoms. The lowest BCUT2D eigenvalue weighted by Crippen LogP contribution is -2.46. The number of aryl methyl sites for hydroxylation is 3. The third-order valence-corrected chi connectivity index (χ3v) is 6.32. The molecule has 1 aliphatic rings. The molecular weight excluding hydrogens is 412 g/mol. The van der Waals surface area contributed by atoms with Gasteiger partial charge in [-0.15, -0.1) is 0 Å². The number of allylic oxidation sites excluding steroid dienone is 1. The van der Waals surface area contributed by atoms with Gasteiger partial charge in [-0.25, -0.2) is 4.79 Å². The van der Waals surface area contributed by atoms with Gasteiger partial charge in [0.1, 0.15) is 0 Å². The molecule has 0 saturated carbocycles. The average Bonchev–Trinajstić information content (AvgIpc) is 3.24. The van der Waals surface area contributed by atoms with Crippen LogP contribution in [0.1, 0.15) is 61.4 Å². The van der Waals surface area contributed by atoms with E-state index in [1.54, 1.807) is 4.90 Å². The summed E-state index contributed by atoms with van der Waals surface area (Å²) in [6.07, 6.45) is 0.907. The van der Waals surface area contributed by atoms with Crippen LogP contribution in [0.15, 0.2) is 52.7 Å². The largest absolute Gasteiger partial charge is 0.334 e. The Bertz CT molecular complexity index is 1210. The second-order valence-corrected chi connectivity index (χ2v) is 9.35. The number of nitrogens with one attached hydrogen (secondary N) is 1. The van der Waals surface area contributed by atoms with Crippen LogP contribution in [0.5, 0.6) is 0 Å². The highest BCUT2D eigenvalue weighted by Gasteiger charge is 2.35. The van der Waals surface area contributed by atoms with Crippen LogP contribution < -0.4 is 5.32 Å². The molecule has 4 rings (SSSR count). The molecule has 2 amide bonds. The first-order valence-corrected chi connectivity index (χ1v) is 11.5. The number of carbonyl (C=O) groups is 1. The molecule has 0 radical (unpaired) electrons. The number of aromatic nitrogens is 2. The smallest absolute Gasteiger partial charge is 0.322 e. The lowest BCUT2D eigenvalue weighted by molar-refractivity contribution is 0.202. The van der Waals surface area contributed by atoms with E-state index in [1.165, 1.54) is 11.1 Å². The predicted molar refractivity (Wildman–Crippen MR) is 130 cm³/mol. The lowest BCUT2D eigenvalue weighted by Gasteiger charge is -2.35. The Morgan fingerprint density at radius 2 is 1.85 bits per heavy atom. The first kappa shape index (κ1) is 22.8. The molecule has 0 saturated heterocycles. The molecule has 0 aliphatic carbocycles. The Morgan fingerprint density at radius 3 is 2.55 bits per heavy atom. The fraction of sp³-hybridized carbons (Fsp3) is 0.370. The molecule has 1 unspecified atom stereocenters. The van der Waals surface area contributed by atoms with Crippen LogP contribution in [-0.4, -0.2) is 27.6 Å². The Balaban J connectivity index is 1.81. The summed E-state index contributed by atoms with van der Waals surface area (Å²) in [5.74, 6) is 1.46. The normalized spacial score (nSPS) is 16.5. The van der Waals surface area contributed by atoms with Crippen molar-refractivity contribution in [3.63, 3.8) is 0 Å². The van der Waals surface area contributed by atoms with Crippen LogP contribution in [0.3, 0.4) is 0 Å². The van der Waals surface area contributed by atoms with Crippen LogP contribution in [-0.2, 0) is 0 Å². The Morgan fingerprint density at radius 1 is 1.06 bits per heavy atom. The summed E-state index contributed by atoms with van der Waals surface area (Å²) < 4.78 is 5.79. The number of benzene rings is 2. The van der Waals surface area contributed by atoms with Gasteiger partial charge >= 0.3 is 6.03 Å². The van der Waals surface area contributed by atoms with Crippen molar-refractivity contribution in [3.8, 4) is 11.4 Å². The Hall–Kier alpha value is -3.41. The zero-order valence-electron chi connectivity index (χ0n) is 20.3. The SMILES string of the molecule is CC1=C(c2nc(-c3cccc(C)c3)no2)C(c2ccc(C)c(C)c2)NC(=O)N1CCC(C)C. The van der Waals surface area contributed by atoms with Gasteiger partial charge in [0, 0.05) is 17.8 Å². The molecule has 33 heavy (non-hydrogen) atoms. The third-order valence-electron chi connectivity index (χ3n) is 6.32. The van der Waals surface area contributed by atoms with Crippen molar-refractivity contribution >= 4 is 11.6 Å². The van der Waals surface area contributed by atoms with Gasteiger partial charge in [-0.05, 0) is 62.8 Å². The van der Waals surface area contributed by atoms with Crippen molar-refractivity contribution in [3.05, 3.63) is 76.3 Å². The number of rotatable bonds is 6. The van der Waals surface area contributed by atoms with Gasteiger partial charge in [0.2, 0.25) is 5.82 Å². The predicted octanol–water partition coefficient (Wildman–Crippen LogP) is 6.21. The zero-order valence-corrected chi connectivity index (χ0v) is 20.3. The molecule has 0 bridgehead atoms. The van der Waals surface area contributed by atoms with Crippen molar-refractivity contribution in [2.24, 2.45) is 5.92 Å². The number of urea groups is 1. The summed E-state index contributed by atoms with van der Waals surface area (Å²) in [5, 5.41) is 7.46. The van der Waals surface area contributed by atoms with E-state index in [-0.39, 0.29) is 12.1 Å². The van der Waals surface area contributed by atoms with E-state index in [0.717, 1.165) is 34.4 Å². The molecule has 3 aromatic rings. The molecule has 1 aromatic heterocycles. The fourth-order valence-electron chi connectivity index (χ4n) is 4.14. The minimum atomic E-state index is -0.363. The van der Waals surface area contributed by atoms with Crippen molar-refractivity contribution in [2.75, 3.05) is 6.54 Å². The van der Waals surface area contributed by atoms with Gasteiger partial charge in [-0.3, -0.25) is 4.90 Å². The third kappa shape index (κ3) is 4.70. The van der Waals surface area contributed by atoms with Crippen molar-refractivity contribution in [1.82, 2.24) is 20.4 Å². The molecule has 0 fully saturated rings. The van der Waals surface area contributed by atoms with Crippen LogP contribution in [0.4, 0.5) is 4.79 Å². The molecule has 1 N–H and O–H groups in total. The lowest BCUT2D eigenvalue weighted by atomic mass is 9.92. The maximum Gasteiger partial charge on any atom is 0.322 e. The van der Waals surface area contributed by atoms with Crippen LogP contribution in [0.2, 0.25) is 0 Å². The first-order valence-electron chi connectivity index (χ1n) is 11.5. The zero-order chi connectivity index (χ0) is 23.7. The van der Waals surface area contributed by atoms with Crippen LogP contribution in [0, 0.1) is 26.7 Å². The summed E-state index contributed by atoms with van der Waals surface area (Å²) >= 11 is 0. The van der Waals surface area contributed by atoms with E-state index in [1.807, 2.05) is 38.1 Å². The van der Waals surface area contributed by atoms with Gasteiger partial charge in [0.15, 0.2) is 0 Å². The quantitative estimate of drug-likeness (QED) is 0.491. The van der Waals surface area contributed by atoms with Gasteiger partial charge in [0.25, 0.3) is 5.89 Å². The number of hydrogen-bond donors (Lipinski definition) is 1. The highest BCUT2D eigenvalue weighted by atomic mass is 16.5. The highest BCUT2D eigenvalue weighted by molar-refractivity contribution is 5.87. The van der Waals surface area contributed by atoms with Crippen molar-refractivity contribution in [1.29, 1.82) is 0 Å². The van der Waals surface area contributed by atoms with E-state index in [9.17, 15) is 4.79 Å². The van der Waals surface area contributed by atoms with Crippen molar-refractivity contribution in [2.45, 2.75) is 54.0 Å². The number of amides is 2. The minimum absolute atomic E-state index is 0.0986. The number of carbonyl (C=O) groups excluding carboxylic acids is 1. The molecule has 172 valence electrons. The van der Waals surface area contributed by atoms with E-state index < -0.39 is 0 Å². The van der Waals surface area contributed by atoms with Crippen LogP contribution >= 0.6 is 0 Å². The first-order chi connectivity index (χ1) is 15.7. The van der Waals surface area contributed by atoms with E-state index in [0.29, 0.717) is 24.2 Å². The highest BCUT2D eigenvalue weighted by Crippen LogP contribution is 2.38. The molecule has 6 nitrogen and oxygen atoms in total. The number of hydrogen-bond acceptors (Lipinski definition) is 4.